The van der Waals surface area contributed by atoms with Crippen LogP contribution in [0.25, 0.3) is 11.0 Å². The van der Waals surface area contributed by atoms with Crippen LogP contribution in [0.4, 0.5) is 0 Å². The largest absolute Gasteiger partial charge is 0.331 e. The average Bonchev–Trinajstić information content (AvgIpc) is 2.94. The first-order chi connectivity index (χ1) is 8.75. The van der Waals surface area contributed by atoms with Crippen LogP contribution in [0.3, 0.4) is 0 Å². The van der Waals surface area contributed by atoms with Gasteiger partial charge in [0.15, 0.2) is 4.77 Å². The minimum atomic E-state index is 0.730. The molecule has 18 heavy (non-hydrogen) atoms. The van der Waals surface area contributed by atoms with Crippen molar-refractivity contribution >= 4 is 46.2 Å². The summed E-state index contributed by atoms with van der Waals surface area (Å²) in [6.07, 6.45) is 0.968. The zero-order chi connectivity index (χ0) is 12.5. The number of nitrogens with one attached hydrogen (secondary N) is 1. The summed E-state index contributed by atoms with van der Waals surface area (Å²) >= 11 is 13.3. The number of rotatable bonds is 3. The van der Waals surface area contributed by atoms with E-state index in [4.69, 9.17) is 23.8 Å². The number of halogens is 1. The Balaban J connectivity index is 2.01. The van der Waals surface area contributed by atoms with Crippen molar-refractivity contribution in [3.8, 4) is 0 Å². The van der Waals surface area contributed by atoms with Gasteiger partial charge in [0.1, 0.15) is 0 Å². The highest BCUT2D eigenvalue weighted by molar-refractivity contribution is 7.71. The highest BCUT2D eigenvalue weighted by Gasteiger charge is 2.07. The molecule has 0 aliphatic carbocycles. The van der Waals surface area contributed by atoms with Crippen LogP contribution in [0.2, 0.25) is 5.02 Å². The fourth-order valence-corrected chi connectivity index (χ4v) is 3.34. The number of aromatic amines is 1. The molecule has 1 N–H and O–H groups in total. The molecule has 0 radical (unpaired) electrons. The molecule has 0 unspecified atom stereocenters. The van der Waals surface area contributed by atoms with Crippen LogP contribution >= 0.6 is 35.2 Å². The summed E-state index contributed by atoms with van der Waals surface area (Å²) in [5.74, 6) is 0. The Bertz CT molecular complexity index is 725. The molecule has 2 aromatic heterocycles. The number of aryl methyl sites for hydroxylation is 2. The molecule has 3 rings (SSSR count). The molecule has 0 aliphatic heterocycles. The van der Waals surface area contributed by atoms with E-state index < -0.39 is 0 Å². The van der Waals surface area contributed by atoms with Crippen molar-refractivity contribution in [1.29, 1.82) is 0 Å². The van der Waals surface area contributed by atoms with E-state index in [2.05, 4.69) is 26.4 Å². The van der Waals surface area contributed by atoms with E-state index in [9.17, 15) is 0 Å². The van der Waals surface area contributed by atoms with Crippen LogP contribution in [0.1, 0.15) is 5.56 Å². The lowest BCUT2D eigenvalue weighted by Crippen LogP contribution is -2.01. The minimum Gasteiger partial charge on any atom is -0.331 e. The van der Waals surface area contributed by atoms with Gasteiger partial charge in [-0.25, -0.2) is 0 Å². The Labute approximate surface area is 119 Å². The zero-order valence-electron chi connectivity index (χ0n) is 9.52. The van der Waals surface area contributed by atoms with Crippen molar-refractivity contribution < 1.29 is 0 Å². The monoisotopic (exact) mass is 294 g/mol. The van der Waals surface area contributed by atoms with Crippen molar-refractivity contribution in [2.24, 2.45) is 0 Å². The first kappa shape index (κ1) is 12.0. The molecule has 0 bridgehead atoms. The van der Waals surface area contributed by atoms with Crippen LogP contribution in [0.15, 0.2) is 35.0 Å². The van der Waals surface area contributed by atoms with Crippen molar-refractivity contribution in [3.05, 3.63) is 50.4 Å². The van der Waals surface area contributed by atoms with Gasteiger partial charge in [-0.15, -0.1) is 0 Å². The Morgan fingerprint density at radius 1 is 1.33 bits per heavy atom. The van der Waals surface area contributed by atoms with Gasteiger partial charge in [-0.3, -0.25) is 0 Å². The van der Waals surface area contributed by atoms with Crippen LogP contribution < -0.4 is 0 Å². The van der Waals surface area contributed by atoms with Gasteiger partial charge in [0.05, 0.1) is 16.1 Å². The SMILES string of the molecule is S=c1[nH]c2cccc(Cl)c2n1CCc1ccsc1. The highest BCUT2D eigenvalue weighted by atomic mass is 35.5. The van der Waals surface area contributed by atoms with Gasteiger partial charge in [-0.05, 0) is 53.2 Å². The van der Waals surface area contributed by atoms with Crippen LogP contribution in [0.5, 0.6) is 0 Å². The molecule has 0 fully saturated rings. The van der Waals surface area contributed by atoms with Crippen LogP contribution in [-0.2, 0) is 13.0 Å². The van der Waals surface area contributed by atoms with E-state index in [1.54, 1.807) is 11.3 Å². The predicted octanol–water partition coefficient (Wildman–Crippen LogP) is 4.66. The summed E-state index contributed by atoms with van der Waals surface area (Å²) in [6.45, 7) is 0.847. The number of para-hydroxylation sites is 1. The second-order valence-corrected chi connectivity index (χ2v) is 5.67. The molecule has 0 saturated heterocycles. The van der Waals surface area contributed by atoms with Crippen molar-refractivity contribution in [3.63, 3.8) is 0 Å². The van der Waals surface area contributed by atoms with E-state index >= 15 is 0 Å². The van der Waals surface area contributed by atoms with Gasteiger partial charge in [-0.1, -0.05) is 17.7 Å². The number of H-pyrrole nitrogens is 1. The topological polar surface area (TPSA) is 20.7 Å². The summed E-state index contributed by atoms with van der Waals surface area (Å²) in [7, 11) is 0. The molecular weight excluding hydrogens is 284 g/mol. The third-order valence-corrected chi connectivity index (χ3v) is 4.31. The molecule has 2 nitrogen and oxygen atoms in total. The third kappa shape index (κ3) is 2.11. The summed E-state index contributed by atoms with van der Waals surface area (Å²) in [5, 5.41) is 5.00. The smallest absolute Gasteiger partial charge is 0.178 e. The number of benzene rings is 1. The standard InChI is InChI=1S/C13H11ClN2S2/c14-10-2-1-3-11-12(10)16(13(17)15-11)6-4-9-5-7-18-8-9/h1-3,5,7-8H,4,6H2,(H,15,17). The highest BCUT2D eigenvalue weighted by Crippen LogP contribution is 2.23. The second-order valence-electron chi connectivity index (χ2n) is 4.10. The molecular formula is C13H11ClN2S2. The molecule has 0 atom stereocenters. The number of fused-ring (bicyclic) bond motifs is 1. The molecule has 0 aliphatic rings. The van der Waals surface area contributed by atoms with Gasteiger partial charge in [0.2, 0.25) is 0 Å². The maximum Gasteiger partial charge on any atom is 0.178 e. The summed E-state index contributed by atoms with van der Waals surface area (Å²) in [4.78, 5) is 3.19. The average molecular weight is 295 g/mol. The van der Waals surface area contributed by atoms with E-state index in [0.717, 1.165) is 33.8 Å². The fourth-order valence-electron chi connectivity index (χ4n) is 2.06. The van der Waals surface area contributed by atoms with E-state index in [0.29, 0.717) is 0 Å². The van der Waals surface area contributed by atoms with E-state index in [1.165, 1.54) is 5.56 Å². The third-order valence-electron chi connectivity index (χ3n) is 2.95. The fraction of sp³-hybridized carbons (Fsp3) is 0.154. The predicted molar refractivity (Wildman–Crippen MR) is 80.2 cm³/mol. The quantitative estimate of drug-likeness (QED) is 0.697. The summed E-state index contributed by atoms with van der Waals surface area (Å²) in [6, 6.07) is 7.97. The van der Waals surface area contributed by atoms with Crippen molar-refractivity contribution in [2.75, 3.05) is 0 Å². The van der Waals surface area contributed by atoms with Crippen LogP contribution in [0, 0.1) is 4.77 Å². The lowest BCUT2D eigenvalue weighted by atomic mass is 10.2. The summed E-state index contributed by atoms with van der Waals surface area (Å²) in [5.41, 5.74) is 3.33. The van der Waals surface area contributed by atoms with Crippen molar-refractivity contribution in [1.82, 2.24) is 9.55 Å². The van der Waals surface area contributed by atoms with Gasteiger partial charge in [-0.2, -0.15) is 11.3 Å². The number of hydrogen-bond acceptors (Lipinski definition) is 2. The molecule has 0 saturated carbocycles. The molecule has 2 heterocycles. The molecule has 5 heteroatoms. The zero-order valence-corrected chi connectivity index (χ0v) is 11.9. The molecule has 0 spiro atoms. The number of nitrogens with zero attached hydrogens (tertiary/aromatic N) is 1. The summed E-state index contributed by atoms with van der Waals surface area (Å²) < 4.78 is 2.80. The normalized spacial score (nSPS) is 11.2. The van der Waals surface area contributed by atoms with Gasteiger partial charge >= 0.3 is 0 Å². The van der Waals surface area contributed by atoms with Gasteiger partial charge in [0, 0.05) is 6.54 Å². The molecule has 3 aromatic rings. The van der Waals surface area contributed by atoms with Crippen molar-refractivity contribution in [2.45, 2.75) is 13.0 Å². The first-order valence-corrected chi connectivity index (χ1v) is 7.37. The lowest BCUT2D eigenvalue weighted by Gasteiger charge is -2.04. The maximum atomic E-state index is 6.25. The Morgan fingerprint density at radius 3 is 3.00 bits per heavy atom. The minimum absolute atomic E-state index is 0.730. The Hall–Kier alpha value is -1.10. The van der Waals surface area contributed by atoms with E-state index in [-0.39, 0.29) is 0 Å². The van der Waals surface area contributed by atoms with Crippen LogP contribution in [-0.4, -0.2) is 9.55 Å². The Kier molecular flexibility index (Phi) is 3.24. The molecule has 0 amide bonds. The number of hydrogen-bond donors (Lipinski definition) is 1. The Morgan fingerprint density at radius 2 is 2.22 bits per heavy atom. The lowest BCUT2D eigenvalue weighted by molar-refractivity contribution is 0.708. The second kappa shape index (κ2) is 4.88. The van der Waals surface area contributed by atoms with Gasteiger partial charge in [0.25, 0.3) is 0 Å². The number of thiophene rings is 1. The molecule has 92 valence electrons. The first-order valence-electron chi connectivity index (χ1n) is 5.64. The number of imidazole rings is 1. The number of aromatic nitrogens is 2. The maximum absolute atomic E-state index is 6.25. The molecule has 1 aromatic carbocycles. The van der Waals surface area contributed by atoms with Gasteiger partial charge < -0.3 is 9.55 Å². The van der Waals surface area contributed by atoms with E-state index in [1.807, 2.05) is 18.2 Å².